The molecule has 0 saturated carbocycles. The fraction of sp³-hybridized carbons (Fsp3) is 0.300. The monoisotopic (exact) mass is 401 g/mol. The number of para-hydroxylation sites is 1. The van der Waals surface area contributed by atoms with Crippen LogP contribution < -0.4 is 16.0 Å². The quantitative estimate of drug-likeness (QED) is 0.549. The number of ether oxygens (including phenoxy) is 1. The Kier molecular flexibility index (Phi) is 7.96. The lowest BCUT2D eigenvalue weighted by atomic mass is 10.1. The van der Waals surface area contributed by atoms with E-state index in [-0.39, 0.29) is 22.9 Å². The molecule has 2 aromatic rings. The van der Waals surface area contributed by atoms with Crippen LogP contribution >= 0.6 is 0 Å². The van der Waals surface area contributed by atoms with E-state index in [2.05, 4.69) is 16.0 Å². The summed E-state index contributed by atoms with van der Waals surface area (Å²) in [5.74, 6) is -2.17. The van der Waals surface area contributed by atoms with Crippen LogP contribution in [0.15, 0.2) is 47.1 Å². The molecular formula is C20H23N3O6. The van der Waals surface area contributed by atoms with E-state index in [9.17, 15) is 19.2 Å². The number of rotatable bonds is 9. The van der Waals surface area contributed by atoms with Crippen molar-refractivity contribution in [3.05, 3.63) is 54.0 Å². The normalized spacial score (nSPS) is 11.2. The third-order valence-corrected chi connectivity index (χ3v) is 3.79. The molecule has 29 heavy (non-hydrogen) atoms. The lowest BCUT2D eigenvalue weighted by Crippen LogP contribution is -2.46. The number of esters is 1. The first kappa shape index (κ1) is 21.7. The molecule has 2 rings (SSSR count). The molecule has 9 heteroatoms. The van der Waals surface area contributed by atoms with Gasteiger partial charge in [0.25, 0.3) is 11.8 Å². The molecule has 0 radical (unpaired) electrons. The van der Waals surface area contributed by atoms with Gasteiger partial charge in [0.2, 0.25) is 5.91 Å². The third-order valence-electron chi connectivity index (χ3n) is 3.79. The SMILES string of the molecule is CCCNC(=O)[C@@H](C)NC(=O)COC(=O)c1ccccc1NC(=O)c1ccco1. The van der Waals surface area contributed by atoms with Crippen molar-refractivity contribution in [3.63, 3.8) is 0 Å². The fourth-order valence-electron chi connectivity index (χ4n) is 2.32. The Bertz CT molecular complexity index is 863. The minimum atomic E-state index is -0.793. The number of hydrogen-bond acceptors (Lipinski definition) is 6. The Morgan fingerprint density at radius 2 is 1.86 bits per heavy atom. The summed E-state index contributed by atoms with van der Waals surface area (Å²) in [6.07, 6.45) is 2.14. The average Bonchev–Trinajstić information content (AvgIpc) is 3.25. The van der Waals surface area contributed by atoms with Crippen LogP contribution in [0.2, 0.25) is 0 Å². The van der Waals surface area contributed by atoms with Crippen LogP contribution in [-0.4, -0.2) is 42.9 Å². The summed E-state index contributed by atoms with van der Waals surface area (Å²) in [6.45, 7) is 3.39. The first-order valence-electron chi connectivity index (χ1n) is 9.10. The molecule has 1 aromatic carbocycles. The van der Waals surface area contributed by atoms with Gasteiger partial charge >= 0.3 is 5.97 Å². The molecular weight excluding hydrogens is 378 g/mol. The van der Waals surface area contributed by atoms with Gasteiger partial charge in [-0.25, -0.2) is 4.79 Å². The Morgan fingerprint density at radius 1 is 1.10 bits per heavy atom. The van der Waals surface area contributed by atoms with Crippen LogP contribution in [-0.2, 0) is 14.3 Å². The number of amides is 3. The van der Waals surface area contributed by atoms with Crippen LogP contribution in [0.1, 0.15) is 41.2 Å². The van der Waals surface area contributed by atoms with E-state index >= 15 is 0 Å². The first-order chi connectivity index (χ1) is 13.9. The number of hydrogen-bond donors (Lipinski definition) is 3. The predicted molar refractivity (Wildman–Crippen MR) is 104 cm³/mol. The maximum absolute atomic E-state index is 12.3. The smallest absolute Gasteiger partial charge is 0.340 e. The predicted octanol–water partition coefficient (Wildman–Crippen LogP) is 1.72. The second-order valence-corrected chi connectivity index (χ2v) is 6.13. The van der Waals surface area contributed by atoms with Crippen molar-refractivity contribution in [2.75, 3.05) is 18.5 Å². The van der Waals surface area contributed by atoms with Crippen molar-refractivity contribution in [3.8, 4) is 0 Å². The molecule has 154 valence electrons. The van der Waals surface area contributed by atoms with Crippen molar-refractivity contribution in [2.24, 2.45) is 0 Å². The van der Waals surface area contributed by atoms with Gasteiger partial charge in [0.1, 0.15) is 6.04 Å². The van der Waals surface area contributed by atoms with Crippen LogP contribution in [0.3, 0.4) is 0 Å². The zero-order valence-electron chi connectivity index (χ0n) is 16.2. The van der Waals surface area contributed by atoms with E-state index in [0.29, 0.717) is 6.54 Å². The zero-order valence-corrected chi connectivity index (χ0v) is 16.2. The van der Waals surface area contributed by atoms with E-state index in [0.717, 1.165) is 6.42 Å². The molecule has 0 spiro atoms. The van der Waals surface area contributed by atoms with Crippen LogP contribution in [0.4, 0.5) is 5.69 Å². The van der Waals surface area contributed by atoms with Crippen molar-refractivity contribution in [1.82, 2.24) is 10.6 Å². The average molecular weight is 401 g/mol. The minimum Gasteiger partial charge on any atom is -0.459 e. The topological polar surface area (TPSA) is 127 Å². The van der Waals surface area contributed by atoms with Crippen molar-refractivity contribution >= 4 is 29.4 Å². The number of benzene rings is 1. The van der Waals surface area contributed by atoms with E-state index < -0.39 is 30.4 Å². The van der Waals surface area contributed by atoms with Crippen LogP contribution in [0.5, 0.6) is 0 Å². The fourth-order valence-corrected chi connectivity index (χ4v) is 2.32. The van der Waals surface area contributed by atoms with Gasteiger partial charge in [0.05, 0.1) is 17.5 Å². The second kappa shape index (κ2) is 10.6. The molecule has 0 aliphatic rings. The summed E-state index contributed by atoms with van der Waals surface area (Å²) in [7, 11) is 0. The standard InChI is InChI=1S/C20H23N3O6/c1-3-10-21-18(25)13(2)22-17(24)12-29-20(27)14-7-4-5-8-15(14)23-19(26)16-9-6-11-28-16/h4-9,11,13H,3,10,12H2,1-2H3,(H,21,25)(H,22,24)(H,23,26)/t13-/m1/s1. The maximum Gasteiger partial charge on any atom is 0.340 e. The molecule has 9 nitrogen and oxygen atoms in total. The highest BCUT2D eigenvalue weighted by Crippen LogP contribution is 2.17. The van der Waals surface area contributed by atoms with Gasteiger partial charge in [-0.1, -0.05) is 19.1 Å². The van der Waals surface area contributed by atoms with Crippen molar-refractivity contribution in [2.45, 2.75) is 26.3 Å². The molecule has 0 aliphatic heterocycles. The lowest BCUT2D eigenvalue weighted by molar-refractivity contribution is -0.130. The number of nitrogens with one attached hydrogen (secondary N) is 3. The first-order valence-corrected chi connectivity index (χ1v) is 9.10. The summed E-state index contributed by atoms with van der Waals surface area (Å²) in [6, 6.07) is 8.51. The molecule has 1 heterocycles. The molecule has 3 N–H and O–H groups in total. The molecule has 0 fully saturated rings. The Morgan fingerprint density at radius 3 is 2.55 bits per heavy atom. The summed E-state index contributed by atoms with van der Waals surface area (Å²) in [5, 5.41) is 7.67. The summed E-state index contributed by atoms with van der Waals surface area (Å²) in [5.41, 5.74) is 0.292. The Balaban J connectivity index is 1.91. The van der Waals surface area contributed by atoms with E-state index in [1.807, 2.05) is 6.92 Å². The van der Waals surface area contributed by atoms with Gasteiger partial charge in [-0.15, -0.1) is 0 Å². The van der Waals surface area contributed by atoms with Gasteiger partial charge in [0, 0.05) is 6.54 Å². The highest BCUT2D eigenvalue weighted by Gasteiger charge is 2.19. The summed E-state index contributed by atoms with van der Waals surface area (Å²) < 4.78 is 10.0. The molecule has 1 atom stereocenters. The largest absolute Gasteiger partial charge is 0.459 e. The molecule has 0 aliphatic carbocycles. The number of furan rings is 1. The molecule has 0 saturated heterocycles. The molecule has 0 bridgehead atoms. The van der Waals surface area contributed by atoms with Gasteiger partial charge in [-0.05, 0) is 37.6 Å². The Hall–Kier alpha value is -3.62. The van der Waals surface area contributed by atoms with Crippen LogP contribution in [0.25, 0.3) is 0 Å². The minimum absolute atomic E-state index is 0.0777. The van der Waals surface area contributed by atoms with E-state index in [4.69, 9.17) is 9.15 Å². The highest BCUT2D eigenvalue weighted by atomic mass is 16.5. The Labute approximate surface area is 167 Å². The van der Waals surface area contributed by atoms with Gasteiger partial charge in [-0.2, -0.15) is 0 Å². The molecule has 3 amide bonds. The maximum atomic E-state index is 12.3. The van der Waals surface area contributed by atoms with E-state index in [1.165, 1.54) is 31.4 Å². The van der Waals surface area contributed by atoms with E-state index in [1.54, 1.807) is 18.2 Å². The summed E-state index contributed by atoms with van der Waals surface area (Å²) in [4.78, 5) is 48.2. The summed E-state index contributed by atoms with van der Waals surface area (Å²) >= 11 is 0. The zero-order chi connectivity index (χ0) is 21.2. The number of anilines is 1. The van der Waals surface area contributed by atoms with Crippen molar-refractivity contribution < 1.29 is 28.3 Å². The molecule has 1 aromatic heterocycles. The highest BCUT2D eigenvalue weighted by molar-refractivity contribution is 6.06. The van der Waals surface area contributed by atoms with Gasteiger partial charge in [-0.3, -0.25) is 14.4 Å². The third kappa shape index (κ3) is 6.49. The van der Waals surface area contributed by atoms with Gasteiger partial charge < -0.3 is 25.1 Å². The molecule has 0 unspecified atom stereocenters. The lowest BCUT2D eigenvalue weighted by Gasteiger charge is -2.14. The van der Waals surface area contributed by atoms with Crippen LogP contribution in [0, 0.1) is 0 Å². The number of carbonyl (C=O) groups excluding carboxylic acids is 4. The van der Waals surface area contributed by atoms with Crippen molar-refractivity contribution in [1.29, 1.82) is 0 Å². The number of carbonyl (C=O) groups is 4. The second-order valence-electron chi connectivity index (χ2n) is 6.13. The van der Waals surface area contributed by atoms with Gasteiger partial charge in [0.15, 0.2) is 12.4 Å².